The van der Waals surface area contributed by atoms with Gasteiger partial charge in [0.2, 0.25) is 0 Å². The van der Waals surface area contributed by atoms with E-state index in [9.17, 15) is 5.11 Å². The van der Waals surface area contributed by atoms with Crippen molar-refractivity contribution >= 4 is 16.4 Å². The van der Waals surface area contributed by atoms with E-state index in [-0.39, 0.29) is 5.88 Å². The molecule has 86 valence electrons. The molecule has 0 spiro atoms. The zero-order valence-corrected chi connectivity index (χ0v) is 9.51. The third-order valence-corrected chi connectivity index (χ3v) is 2.87. The summed E-state index contributed by atoms with van der Waals surface area (Å²) in [4.78, 5) is 0. The van der Waals surface area contributed by atoms with Crippen LogP contribution in [0.25, 0.3) is 16.4 Å². The topological polar surface area (TPSA) is 59.7 Å². The summed E-state index contributed by atoms with van der Waals surface area (Å²) in [5, 5.41) is 18.3. The van der Waals surface area contributed by atoms with Gasteiger partial charge < -0.3 is 9.84 Å². The first-order valence-corrected chi connectivity index (χ1v) is 5.23. The normalized spacial score (nSPS) is 11.2. The zero-order valence-electron chi connectivity index (χ0n) is 9.51. The molecule has 0 amide bonds. The molecule has 3 aromatic rings. The van der Waals surface area contributed by atoms with Gasteiger partial charge >= 0.3 is 0 Å². The maximum Gasteiger partial charge on any atom is 0.255 e. The summed E-state index contributed by atoms with van der Waals surface area (Å²) < 4.78 is 7.16. The molecule has 0 saturated heterocycles. The minimum absolute atomic E-state index is 0.0751. The van der Waals surface area contributed by atoms with Crippen molar-refractivity contribution in [2.45, 2.75) is 6.92 Å². The van der Waals surface area contributed by atoms with Gasteiger partial charge in [0.05, 0.1) is 12.6 Å². The van der Waals surface area contributed by atoms with E-state index in [1.807, 2.05) is 35.6 Å². The molecule has 0 aliphatic carbocycles. The number of aromatic nitrogens is 3. The number of hydrogen-bond donors (Lipinski definition) is 1. The van der Waals surface area contributed by atoms with Crippen molar-refractivity contribution < 1.29 is 9.84 Å². The van der Waals surface area contributed by atoms with Crippen LogP contribution in [0.5, 0.6) is 11.6 Å². The number of methoxy groups -OCH3 is 1. The van der Waals surface area contributed by atoms with Gasteiger partial charge in [0.1, 0.15) is 17.1 Å². The highest BCUT2D eigenvalue weighted by atomic mass is 16.5. The van der Waals surface area contributed by atoms with Gasteiger partial charge in [-0.2, -0.15) is 0 Å². The van der Waals surface area contributed by atoms with Crippen LogP contribution in [-0.2, 0) is 0 Å². The highest BCUT2D eigenvalue weighted by molar-refractivity contribution is 5.93. The van der Waals surface area contributed by atoms with Gasteiger partial charge in [-0.3, -0.25) is 4.40 Å². The molecule has 17 heavy (non-hydrogen) atoms. The molecule has 1 N–H and O–H groups in total. The minimum atomic E-state index is -0.0751. The highest BCUT2D eigenvalue weighted by Gasteiger charge is 2.12. The van der Waals surface area contributed by atoms with Gasteiger partial charge in [-0.15, -0.1) is 10.2 Å². The average molecular weight is 229 g/mol. The SMILES string of the molecule is COc1cccc2c1cc1c(O)nnc(C)n12. The van der Waals surface area contributed by atoms with Gasteiger partial charge in [0.25, 0.3) is 5.88 Å². The summed E-state index contributed by atoms with van der Waals surface area (Å²) in [5.74, 6) is 1.42. The quantitative estimate of drug-likeness (QED) is 0.692. The van der Waals surface area contributed by atoms with Crippen LogP contribution in [0.1, 0.15) is 5.82 Å². The molecule has 0 fully saturated rings. The third-order valence-electron chi connectivity index (χ3n) is 2.87. The Morgan fingerprint density at radius 1 is 1.24 bits per heavy atom. The van der Waals surface area contributed by atoms with Crippen molar-refractivity contribution in [1.29, 1.82) is 0 Å². The van der Waals surface area contributed by atoms with Gasteiger partial charge in [-0.05, 0) is 25.1 Å². The second-order valence-corrected chi connectivity index (χ2v) is 3.83. The van der Waals surface area contributed by atoms with E-state index in [4.69, 9.17) is 4.74 Å². The third kappa shape index (κ3) is 1.25. The number of aryl methyl sites for hydroxylation is 1. The van der Waals surface area contributed by atoms with Crippen LogP contribution in [0, 0.1) is 6.92 Å². The van der Waals surface area contributed by atoms with Crippen LogP contribution in [0.15, 0.2) is 24.3 Å². The summed E-state index contributed by atoms with van der Waals surface area (Å²) in [6, 6.07) is 7.60. The predicted octanol–water partition coefficient (Wildman–Crippen LogP) is 1.91. The van der Waals surface area contributed by atoms with E-state index in [1.165, 1.54) is 0 Å². The molecule has 0 unspecified atom stereocenters. The number of benzene rings is 1. The highest BCUT2D eigenvalue weighted by Crippen LogP contribution is 2.31. The lowest BCUT2D eigenvalue weighted by atomic mass is 10.2. The van der Waals surface area contributed by atoms with Crippen LogP contribution < -0.4 is 4.74 Å². The van der Waals surface area contributed by atoms with Crippen LogP contribution in [0.2, 0.25) is 0 Å². The molecule has 3 rings (SSSR count). The summed E-state index contributed by atoms with van der Waals surface area (Å²) in [6.07, 6.45) is 0. The maximum atomic E-state index is 9.73. The van der Waals surface area contributed by atoms with E-state index in [2.05, 4.69) is 10.2 Å². The fourth-order valence-electron chi connectivity index (χ4n) is 2.11. The number of aromatic hydroxyl groups is 1. The van der Waals surface area contributed by atoms with Gasteiger partial charge in [-0.1, -0.05) is 6.07 Å². The van der Waals surface area contributed by atoms with Crippen molar-refractivity contribution in [1.82, 2.24) is 14.6 Å². The van der Waals surface area contributed by atoms with E-state index in [0.717, 1.165) is 22.5 Å². The number of fused-ring (bicyclic) bond motifs is 3. The van der Waals surface area contributed by atoms with Crippen molar-refractivity contribution in [3.63, 3.8) is 0 Å². The van der Waals surface area contributed by atoms with Gasteiger partial charge in [0, 0.05) is 5.39 Å². The second kappa shape index (κ2) is 3.35. The fourth-order valence-corrected chi connectivity index (χ4v) is 2.11. The zero-order chi connectivity index (χ0) is 12.0. The molecule has 2 heterocycles. The molecule has 0 bridgehead atoms. The number of rotatable bonds is 1. The average Bonchev–Trinajstić information content (AvgIpc) is 2.74. The Morgan fingerprint density at radius 2 is 2.06 bits per heavy atom. The van der Waals surface area contributed by atoms with Crippen LogP contribution in [0.3, 0.4) is 0 Å². The lowest BCUT2D eigenvalue weighted by molar-refractivity contribution is 0.420. The summed E-state index contributed by atoms with van der Waals surface area (Å²) >= 11 is 0. The molecular weight excluding hydrogens is 218 g/mol. The minimum Gasteiger partial charge on any atom is -0.496 e. The van der Waals surface area contributed by atoms with Crippen molar-refractivity contribution in [3.05, 3.63) is 30.1 Å². The first kappa shape index (κ1) is 9.89. The molecule has 0 saturated carbocycles. The summed E-state index contributed by atoms with van der Waals surface area (Å²) in [7, 11) is 1.63. The first-order valence-electron chi connectivity index (χ1n) is 5.23. The molecule has 5 heteroatoms. The fraction of sp³-hybridized carbons (Fsp3) is 0.167. The Balaban J connectivity index is 2.58. The van der Waals surface area contributed by atoms with E-state index >= 15 is 0 Å². The molecule has 0 aliphatic rings. The molecule has 1 aromatic carbocycles. The van der Waals surface area contributed by atoms with Crippen molar-refractivity contribution in [2.24, 2.45) is 0 Å². The summed E-state index contributed by atoms with van der Waals surface area (Å²) in [6.45, 7) is 1.85. The molecule has 0 aliphatic heterocycles. The lowest BCUT2D eigenvalue weighted by Crippen LogP contribution is -1.97. The molecular formula is C12H11N3O2. The Hall–Kier alpha value is -2.30. The largest absolute Gasteiger partial charge is 0.496 e. The number of ether oxygens (including phenoxy) is 1. The second-order valence-electron chi connectivity index (χ2n) is 3.83. The molecule has 2 aromatic heterocycles. The Kier molecular flexibility index (Phi) is 1.95. The standard InChI is InChI=1S/C12H11N3O2/c1-7-13-14-12(16)10-6-8-9(15(7)10)4-3-5-11(8)17-2/h3-6H,1-2H3,(H,14,16). The lowest BCUT2D eigenvalue weighted by Gasteiger charge is -2.03. The summed E-state index contributed by atoms with van der Waals surface area (Å²) in [5.41, 5.74) is 1.58. The first-order chi connectivity index (χ1) is 8.22. The van der Waals surface area contributed by atoms with Crippen molar-refractivity contribution in [2.75, 3.05) is 7.11 Å². The van der Waals surface area contributed by atoms with Crippen LogP contribution >= 0.6 is 0 Å². The van der Waals surface area contributed by atoms with Gasteiger partial charge in [-0.25, -0.2) is 0 Å². The maximum absolute atomic E-state index is 9.73. The Bertz CT molecular complexity index is 718. The van der Waals surface area contributed by atoms with E-state index in [1.54, 1.807) is 7.11 Å². The van der Waals surface area contributed by atoms with E-state index in [0.29, 0.717) is 5.52 Å². The Morgan fingerprint density at radius 3 is 2.82 bits per heavy atom. The molecule has 0 radical (unpaired) electrons. The van der Waals surface area contributed by atoms with Crippen LogP contribution in [0.4, 0.5) is 0 Å². The van der Waals surface area contributed by atoms with Crippen molar-refractivity contribution in [3.8, 4) is 11.6 Å². The smallest absolute Gasteiger partial charge is 0.255 e. The molecule has 5 nitrogen and oxygen atoms in total. The van der Waals surface area contributed by atoms with Crippen LogP contribution in [-0.4, -0.2) is 26.8 Å². The van der Waals surface area contributed by atoms with Gasteiger partial charge in [0.15, 0.2) is 0 Å². The Labute approximate surface area is 97.3 Å². The van der Waals surface area contributed by atoms with E-state index < -0.39 is 0 Å². The number of hydrogen-bond acceptors (Lipinski definition) is 4. The predicted molar refractivity (Wildman–Crippen MR) is 63.4 cm³/mol. The monoisotopic (exact) mass is 229 g/mol. The molecule has 0 atom stereocenters. The number of nitrogens with zero attached hydrogens (tertiary/aromatic N) is 3.